The first-order chi connectivity index (χ1) is 9.85. The molecule has 0 atom stereocenters. The largest absolute Gasteiger partial charge is 0.270 e. The van der Waals surface area contributed by atoms with Crippen molar-refractivity contribution in [1.82, 2.24) is 10.2 Å². The van der Waals surface area contributed by atoms with Crippen molar-refractivity contribution in [3.63, 3.8) is 0 Å². The van der Waals surface area contributed by atoms with Crippen molar-refractivity contribution in [1.29, 1.82) is 5.26 Å². The van der Waals surface area contributed by atoms with Crippen LogP contribution >= 0.6 is 11.6 Å². The van der Waals surface area contributed by atoms with Crippen LogP contribution in [0.1, 0.15) is 5.56 Å². The predicted molar refractivity (Wildman–Crippen MR) is 72.2 cm³/mol. The van der Waals surface area contributed by atoms with Gasteiger partial charge in [-0.3, -0.25) is 19.9 Å². The monoisotopic (exact) mass is 327 g/mol. The highest BCUT2D eigenvalue weighted by atomic mass is 35.5. The fourth-order valence-corrected chi connectivity index (χ4v) is 3.01. The van der Waals surface area contributed by atoms with Gasteiger partial charge in [-0.25, -0.2) is 8.42 Å². The van der Waals surface area contributed by atoms with E-state index in [0.29, 0.717) is 0 Å². The van der Waals surface area contributed by atoms with E-state index in [1.807, 2.05) is 0 Å². The van der Waals surface area contributed by atoms with E-state index in [4.69, 9.17) is 16.9 Å². The number of sulfonamides is 1. The maximum Gasteiger partial charge on any atom is 0.270 e. The van der Waals surface area contributed by atoms with Crippen LogP contribution in [-0.4, -0.2) is 23.5 Å². The normalized spacial score (nSPS) is 10.9. The summed E-state index contributed by atoms with van der Waals surface area (Å²) in [6.07, 6.45) is 1.13. The van der Waals surface area contributed by atoms with E-state index in [9.17, 15) is 18.5 Å². The quantitative estimate of drug-likeness (QED) is 0.645. The fraction of sp³-hybridized carbons (Fsp3) is 0. The molecule has 108 valence electrons. The first kappa shape index (κ1) is 14.8. The summed E-state index contributed by atoms with van der Waals surface area (Å²) in [6, 6.07) is 4.74. The summed E-state index contributed by atoms with van der Waals surface area (Å²) in [5.41, 5.74) is -0.454. The summed E-state index contributed by atoms with van der Waals surface area (Å²) in [6.45, 7) is 0. The van der Waals surface area contributed by atoms with Crippen molar-refractivity contribution in [3.8, 4) is 6.07 Å². The number of benzene rings is 1. The molecule has 1 aromatic heterocycles. The Hall–Kier alpha value is -2.64. The number of rotatable bonds is 4. The highest BCUT2D eigenvalue weighted by molar-refractivity contribution is 7.92. The number of aromatic nitrogens is 2. The summed E-state index contributed by atoms with van der Waals surface area (Å²) in [5.74, 6) is -0.153. The van der Waals surface area contributed by atoms with Gasteiger partial charge in [0.15, 0.2) is 5.82 Å². The van der Waals surface area contributed by atoms with E-state index in [0.717, 1.165) is 24.4 Å². The van der Waals surface area contributed by atoms with E-state index in [-0.39, 0.29) is 16.4 Å². The molecule has 0 amide bonds. The van der Waals surface area contributed by atoms with Gasteiger partial charge in [0.1, 0.15) is 16.5 Å². The van der Waals surface area contributed by atoms with Crippen LogP contribution in [0.25, 0.3) is 0 Å². The molecule has 1 aromatic carbocycles. The molecule has 0 aliphatic heterocycles. The van der Waals surface area contributed by atoms with Crippen LogP contribution in [-0.2, 0) is 10.0 Å². The molecule has 2 rings (SSSR count). The van der Waals surface area contributed by atoms with Crippen molar-refractivity contribution in [2.24, 2.45) is 0 Å². The SMILES string of the molecule is N#Cc1cn[nH]c1NS(=O)(=O)c1cc([N+](=O)[O-])ccc1Cl. The first-order valence-corrected chi connectivity index (χ1v) is 7.11. The van der Waals surface area contributed by atoms with E-state index in [2.05, 4.69) is 14.9 Å². The molecule has 0 unspecified atom stereocenters. The van der Waals surface area contributed by atoms with Crippen molar-refractivity contribution < 1.29 is 13.3 Å². The molecule has 0 saturated heterocycles. The van der Waals surface area contributed by atoms with Gasteiger partial charge in [-0.15, -0.1) is 0 Å². The number of hydrogen-bond donors (Lipinski definition) is 2. The Balaban J connectivity index is 2.47. The van der Waals surface area contributed by atoms with Gasteiger partial charge in [0.25, 0.3) is 15.7 Å². The van der Waals surface area contributed by atoms with E-state index in [1.54, 1.807) is 6.07 Å². The van der Waals surface area contributed by atoms with E-state index < -0.39 is 25.5 Å². The molecule has 2 N–H and O–H groups in total. The number of nitriles is 1. The minimum atomic E-state index is -4.21. The Labute approximate surface area is 123 Å². The number of nitro groups is 1. The summed E-state index contributed by atoms with van der Waals surface area (Å²) >= 11 is 5.77. The Morgan fingerprint density at radius 2 is 2.19 bits per heavy atom. The number of non-ortho nitro benzene ring substituents is 1. The van der Waals surface area contributed by atoms with Crippen LogP contribution in [0.3, 0.4) is 0 Å². The van der Waals surface area contributed by atoms with Gasteiger partial charge in [0, 0.05) is 12.1 Å². The molecule has 0 aliphatic rings. The summed E-state index contributed by atoms with van der Waals surface area (Å²) in [5, 5.41) is 25.1. The number of nitro benzene ring substituents is 1. The molecule has 0 aliphatic carbocycles. The molecule has 1 heterocycles. The number of halogens is 1. The van der Waals surface area contributed by atoms with Crippen LogP contribution in [0.5, 0.6) is 0 Å². The second-order valence-corrected chi connectivity index (χ2v) is 5.81. The fourth-order valence-electron chi connectivity index (χ4n) is 1.45. The van der Waals surface area contributed by atoms with Gasteiger partial charge in [0.05, 0.1) is 16.1 Å². The third kappa shape index (κ3) is 2.93. The highest BCUT2D eigenvalue weighted by Crippen LogP contribution is 2.27. The van der Waals surface area contributed by atoms with Crippen molar-refractivity contribution in [2.75, 3.05) is 4.72 Å². The Morgan fingerprint density at radius 1 is 1.48 bits per heavy atom. The third-order valence-electron chi connectivity index (χ3n) is 2.41. The number of aromatic amines is 1. The molecule has 21 heavy (non-hydrogen) atoms. The number of anilines is 1. The van der Waals surface area contributed by atoms with E-state index in [1.165, 1.54) is 0 Å². The molecule has 2 aromatic rings. The van der Waals surface area contributed by atoms with Gasteiger partial charge in [-0.1, -0.05) is 11.6 Å². The minimum absolute atomic E-state index is 0.0277. The van der Waals surface area contributed by atoms with Gasteiger partial charge in [0.2, 0.25) is 0 Å². The molecule has 0 bridgehead atoms. The lowest BCUT2D eigenvalue weighted by atomic mass is 10.3. The Kier molecular flexibility index (Phi) is 3.79. The molecule has 0 spiro atoms. The number of H-pyrrole nitrogens is 1. The van der Waals surface area contributed by atoms with Crippen LogP contribution in [0, 0.1) is 21.4 Å². The third-order valence-corrected chi connectivity index (χ3v) is 4.24. The smallest absolute Gasteiger partial charge is 0.263 e. The topological polar surface area (TPSA) is 142 Å². The van der Waals surface area contributed by atoms with Crippen LogP contribution in [0.2, 0.25) is 5.02 Å². The molecular formula is C10H6ClN5O4S. The average Bonchev–Trinajstić information content (AvgIpc) is 2.85. The molecular weight excluding hydrogens is 322 g/mol. The maximum atomic E-state index is 12.2. The molecule has 0 saturated carbocycles. The van der Waals surface area contributed by atoms with Gasteiger partial charge in [-0.2, -0.15) is 10.4 Å². The molecule has 0 radical (unpaired) electrons. The number of nitrogens with zero attached hydrogens (tertiary/aromatic N) is 3. The van der Waals surface area contributed by atoms with Gasteiger partial charge in [-0.05, 0) is 6.07 Å². The van der Waals surface area contributed by atoms with Crippen LogP contribution in [0.4, 0.5) is 11.5 Å². The van der Waals surface area contributed by atoms with Crippen molar-refractivity contribution in [3.05, 3.63) is 45.1 Å². The number of nitrogens with one attached hydrogen (secondary N) is 2. The predicted octanol–water partition coefficient (Wildman–Crippen LogP) is 1.64. The van der Waals surface area contributed by atoms with Crippen molar-refractivity contribution in [2.45, 2.75) is 4.90 Å². The lowest BCUT2D eigenvalue weighted by Crippen LogP contribution is -2.14. The average molecular weight is 328 g/mol. The Bertz CT molecular complexity index is 855. The number of hydrogen-bond acceptors (Lipinski definition) is 6. The zero-order valence-electron chi connectivity index (χ0n) is 10.1. The second-order valence-electron chi connectivity index (χ2n) is 3.75. The lowest BCUT2D eigenvalue weighted by Gasteiger charge is -2.07. The summed E-state index contributed by atoms with van der Waals surface area (Å²) < 4.78 is 26.4. The highest BCUT2D eigenvalue weighted by Gasteiger charge is 2.23. The second kappa shape index (κ2) is 5.39. The van der Waals surface area contributed by atoms with E-state index >= 15 is 0 Å². The maximum absolute atomic E-state index is 12.2. The molecule has 9 nitrogen and oxygen atoms in total. The standard InChI is InChI=1S/C10H6ClN5O4S/c11-8-2-1-7(16(17)18)3-9(8)21(19,20)15-10-6(4-12)5-13-14-10/h1-3,5H,(H2,13,14,15). The molecule has 0 fully saturated rings. The zero-order valence-corrected chi connectivity index (χ0v) is 11.6. The van der Waals surface area contributed by atoms with Crippen LogP contribution in [0.15, 0.2) is 29.3 Å². The lowest BCUT2D eigenvalue weighted by molar-refractivity contribution is -0.385. The summed E-state index contributed by atoms with van der Waals surface area (Å²) in [7, 11) is -4.21. The minimum Gasteiger partial charge on any atom is -0.263 e. The van der Waals surface area contributed by atoms with Crippen molar-refractivity contribution >= 4 is 33.1 Å². The van der Waals surface area contributed by atoms with Crippen LogP contribution < -0.4 is 4.72 Å². The van der Waals surface area contributed by atoms with Gasteiger partial charge < -0.3 is 0 Å². The van der Waals surface area contributed by atoms with Gasteiger partial charge >= 0.3 is 0 Å². The first-order valence-electron chi connectivity index (χ1n) is 5.25. The zero-order chi connectivity index (χ0) is 15.6. The Morgan fingerprint density at radius 3 is 2.81 bits per heavy atom. The molecule has 11 heteroatoms. The summed E-state index contributed by atoms with van der Waals surface area (Å²) in [4.78, 5) is 9.48.